The molecule has 0 amide bonds. The minimum atomic E-state index is -0.217. The number of benzene rings is 2. The van der Waals surface area contributed by atoms with Gasteiger partial charge in [-0.05, 0) is 36.8 Å². The Morgan fingerprint density at radius 3 is 2.88 bits per heavy atom. The van der Waals surface area contributed by atoms with Crippen molar-refractivity contribution in [3.05, 3.63) is 53.1 Å². The number of rotatable bonds is 0. The number of halogens is 1. The van der Waals surface area contributed by atoms with E-state index in [0.717, 1.165) is 55.4 Å². The highest BCUT2D eigenvalue weighted by Crippen LogP contribution is 2.40. The van der Waals surface area contributed by atoms with Crippen LogP contribution in [0.4, 0.5) is 5.69 Å². The first-order valence-electron chi connectivity index (χ1n) is 9.00. The third-order valence-corrected chi connectivity index (χ3v) is 5.62. The SMILES string of the molecule is O[C@@H]1C[C@H]2CN(C3=Nc4cc(Cl)ccc4Oc4ccccc43)CCN2C1. The molecule has 0 radical (unpaired) electrons. The molecule has 3 aliphatic rings. The van der Waals surface area contributed by atoms with Crippen molar-refractivity contribution in [2.24, 2.45) is 4.99 Å². The Hall–Kier alpha value is -2.08. The molecule has 0 aromatic heterocycles. The maximum absolute atomic E-state index is 9.99. The van der Waals surface area contributed by atoms with E-state index in [2.05, 4.69) is 15.9 Å². The van der Waals surface area contributed by atoms with E-state index in [-0.39, 0.29) is 6.10 Å². The van der Waals surface area contributed by atoms with Crippen molar-refractivity contribution in [1.29, 1.82) is 0 Å². The predicted octanol–water partition coefficient (Wildman–Crippen LogP) is 3.27. The van der Waals surface area contributed by atoms with Gasteiger partial charge < -0.3 is 14.7 Å². The number of hydrogen-bond acceptors (Lipinski definition) is 5. The van der Waals surface area contributed by atoms with E-state index in [4.69, 9.17) is 21.3 Å². The van der Waals surface area contributed by atoms with E-state index < -0.39 is 0 Å². The fourth-order valence-electron chi connectivity index (χ4n) is 4.15. The summed E-state index contributed by atoms with van der Waals surface area (Å²) in [6.07, 6.45) is 0.607. The highest BCUT2D eigenvalue weighted by Gasteiger charge is 2.37. The largest absolute Gasteiger partial charge is 0.454 e. The van der Waals surface area contributed by atoms with Gasteiger partial charge in [-0.3, -0.25) is 4.90 Å². The van der Waals surface area contributed by atoms with Crippen molar-refractivity contribution in [3.63, 3.8) is 0 Å². The van der Waals surface area contributed by atoms with Gasteiger partial charge in [-0.25, -0.2) is 4.99 Å². The molecule has 3 heterocycles. The second-order valence-electron chi connectivity index (χ2n) is 7.13. The molecule has 0 saturated carbocycles. The molecule has 0 aliphatic carbocycles. The molecule has 5 nitrogen and oxygen atoms in total. The molecule has 2 saturated heterocycles. The molecule has 2 aromatic rings. The molecule has 1 N–H and O–H groups in total. The minimum absolute atomic E-state index is 0.217. The number of aliphatic hydroxyl groups is 1. The molecule has 2 aromatic carbocycles. The Balaban J connectivity index is 1.57. The van der Waals surface area contributed by atoms with Crippen molar-refractivity contribution in [2.45, 2.75) is 18.6 Å². The molecule has 2 fully saturated rings. The predicted molar refractivity (Wildman–Crippen MR) is 102 cm³/mol. The highest BCUT2D eigenvalue weighted by atomic mass is 35.5. The lowest BCUT2D eigenvalue weighted by molar-refractivity contribution is 0.143. The van der Waals surface area contributed by atoms with Crippen LogP contribution < -0.4 is 4.74 Å². The van der Waals surface area contributed by atoms with E-state index in [1.807, 2.05) is 36.4 Å². The maximum Gasteiger partial charge on any atom is 0.153 e. The van der Waals surface area contributed by atoms with Crippen LogP contribution in [0.1, 0.15) is 12.0 Å². The zero-order chi connectivity index (χ0) is 17.7. The van der Waals surface area contributed by atoms with Gasteiger partial charge in [0.05, 0.1) is 11.7 Å². The molecule has 5 rings (SSSR count). The van der Waals surface area contributed by atoms with Crippen molar-refractivity contribution < 1.29 is 9.84 Å². The van der Waals surface area contributed by atoms with Crippen LogP contribution in [0.2, 0.25) is 5.02 Å². The molecular weight excluding hydrogens is 350 g/mol. The number of amidine groups is 1. The van der Waals surface area contributed by atoms with Gasteiger partial charge >= 0.3 is 0 Å². The first-order chi connectivity index (χ1) is 12.7. The summed E-state index contributed by atoms with van der Waals surface area (Å²) in [5, 5.41) is 10.6. The number of fused-ring (bicyclic) bond motifs is 3. The topological polar surface area (TPSA) is 48.3 Å². The summed E-state index contributed by atoms with van der Waals surface area (Å²) in [6.45, 7) is 3.46. The lowest BCUT2D eigenvalue weighted by Gasteiger charge is -2.39. The molecular formula is C20H20ClN3O2. The van der Waals surface area contributed by atoms with Crippen molar-refractivity contribution in [2.75, 3.05) is 26.2 Å². The number of para-hydroxylation sites is 1. The molecule has 26 heavy (non-hydrogen) atoms. The van der Waals surface area contributed by atoms with Gasteiger partial charge in [0.2, 0.25) is 0 Å². The monoisotopic (exact) mass is 369 g/mol. The van der Waals surface area contributed by atoms with Gasteiger partial charge in [-0.2, -0.15) is 0 Å². The second kappa shape index (κ2) is 6.27. The standard InChI is InChI=1S/C20H20ClN3O2/c21-13-5-6-19-17(9-13)22-20(16-3-1-2-4-18(16)26-19)24-8-7-23-12-15(25)10-14(23)11-24/h1-6,9,14-15,25H,7-8,10-12H2/t14-,15+/m0/s1. The fourth-order valence-corrected chi connectivity index (χ4v) is 4.31. The number of aliphatic imine (C=N–C) groups is 1. The summed E-state index contributed by atoms with van der Waals surface area (Å²) in [5.74, 6) is 2.44. The smallest absolute Gasteiger partial charge is 0.153 e. The van der Waals surface area contributed by atoms with Crippen LogP contribution in [0.15, 0.2) is 47.5 Å². The highest BCUT2D eigenvalue weighted by molar-refractivity contribution is 6.31. The molecule has 3 aliphatic heterocycles. The molecule has 0 bridgehead atoms. The quantitative estimate of drug-likeness (QED) is 0.774. The Labute approximate surface area is 157 Å². The van der Waals surface area contributed by atoms with E-state index in [1.165, 1.54) is 0 Å². The minimum Gasteiger partial charge on any atom is -0.454 e. The molecule has 0 unspecified atom stereocenters. The lowest BCUT2D eigenvalue weighted by atomic mass is 10.1. The fraction of sp³-hybridized carbons (Fsp3) is 0.350. The Bertz CT molecular complexity index is 885. The van der Waals surface area contributed by atoms with Crippen LogP contribution in [-0.2, 0) is 0 Å². The summed E-state index contributed by atoms with van der Waals surface area (Å²) >= 11 is 6.19. The van der Waals surface area contributed by atoms with Gasteiger partial charge in [-0.1, -0.05) is 23.7 Å². The van der Waals surface area contributed by atoms with Crippen LogP contribution in [-0.4, -0.2) is 59.1 Å². The normalized spacial score (nSPS) is 24.8. The van der Waals surface area contributed by atoms with Gasteiger partial charge in [-0.15, -0.1) is 0 Å². The average Bonchev–Trinajstić information content (AvgIpc) is 2.92. The summed E-state index contributed by atoms with van der Waals surface area (Å²) in [5.41, 5.74) is 1.74. The summed E-state index contributed by atoms with van der Waals surface area (Å²) in [7, 11) is 0. The molecule has 0 spiro atoms. The van der Waals surface area contributed by atoms with Crippen LogP contribution in [0.25, 0.3) is 0 Å². The Morgan fingerprint density at radius 1 is 1.08 bits per heavy atom. The van der Waals surface area contributed by atoms with Gasteiger partial charge in [0.25, 0.3) is 0 Å². The van der Waals surface area contributed by atoms with Gasteiger partial charge in [0.15, 0.2) is 5.75 Å². The third kappa shape index (κ3) is 2.76. The first-order valence-corrected chi connectivity index (χ1v) is 9.38. The van der Waals surface area contributed by atoms with Crippen molar-refractivity contribution >= 4 is 23.1 Å². The maximum atomic E-state index is 9.99. The van der Waals surface area contributed by atoms with E-state index >= 15 is 0 Å². The van der Waals surface area contributed by atoms with E-state index in [0.29, 0.717) is 16.8 Å². The number of nitrogens with zero attached hydrogens (tertiary/aromatic N) is 3. The Morgan fingerprint density at radius 2 is 1.96 bits per heavy atom. The van der Waals surface area contributed by atoms with Gasteiger partial charge in [0, 0.05) is 37.2 Å². The number of piperazine rings is 1. The molecule has 134 valence electrons. The summed E-state index contributed by atoms with van der Waals surface area (Å²) < 4.78 is 6.13. The summed E-state index contributed by atoms with van der Waals surface area (Å²) in [4.78, 5) is 9.65. The number of ether oxygens (including phenoxy) is 1. The number of hydrogen-bond donors (Lipinski definition) is 1. The van der Waals surface area contributed by atoms with Crippen molar-refractivity contribution in [3.8, 4) is 11.5 Å². The van der Waals surface area contributed by atoms with E-state index in [1.54, 1.807) is 0 Å². The molecule has 2 atom stereocenters. The lowest BCUT2D eigenvalue weighted by Crippen LogP contribution is -2.52. The van der Waals surface area contributed by atoms with Crippen molar-refractivity contribution in [1.82, 2.24) is 9.80 Å². The van der Waals surface area contributed by atoms with Gasteiger partial charge in [0.1, 0.15) is 17.3 Å². The van der Waals surface area contributed by atoms with Crippen LogP contribution in [0.3, 0.4) is 0 Å². The van der Waals surface area contributed by atoms with Crippen LogP contribution in [0, 0.1) is 0 Å². The first kappa shape index (κ1) is 16.1. The van der Waals surface area contributed by atoms with Crippen LogP contribution in [0.5, 0.6) is 11.5 Å². The zero-order valence-corrected chi connectivity index (χ0v) is 15.1. The van der Waals surface area contributed by atoms with Crippen LogP contribution >= 0.6 is 11.6 Å². The number of aliphatic hydroxyl groups excluding tert-OH is 1. The molecule has 6 heteroatoms. The summed E-state index contributed by atoms with van der Waals surface area (Å²) in [6, 6.07) is 13.9. The zero-order valence-electron chi connectivity index (χ0n) is 14.3. The second-order valence-corrected chi connectivity index (χ2v) is 7.57. The Kier molecular flexibility index (Phi) is 3.89. The average molecular weight is 370 g/mol. The third-order valence-electron chi connectivity index (χ3n) is 5.39. The van der Waals surface area contributed by atoms with E-state index in [9.17, 15) is 5.11 Å².